The summed E-state index contributed by atoms with van der Waals surface area (Å²) >= 11 is 9.36. The summed E-state index contributed by atoms with van der Waals surface area (Å²) in [6.45, 7) is 2.03. The van der Waals surface area contributed by atoms with Gasteiger partial charge in [0.05, 0.1) is 11.1 Å². The van der Waals surface area contributed by atoms with Crippen LogP contribution < -0.4 is 5.73 Å². The molecule has 0 radical (unpaired) electrons. The van der Waals surface area contributed by atoms with Crippen molar-refractivity contribution in [3.63, 3.8) is 0 Å². The van der Waals surface area contributed by atoms with E-state index in [1.165, 1.54) is 0 Å². The zero-order valence-corrected chi connectivity index (χ0v) is 11.7. The van der Waals surface area contributed by atoms with Crippen LogP contribution in [0.5, 0.6) is 0 Å². The Kier molecular flexibility index (Phi) is 3.82. The van der Waals surface area contributed by atoms with Gasteiger partial charge in [-0.25, -0.2) is 0 Å². The molecule has 0 bridgehead atoms. The van der Waals surface area contributed by atoms with Gasteiger partial charge in [0.15, 0.2) is 0 Å². The Labute approximate surface area is 114 Å². The molecular formula is C13H12BrClN2. The van der Waals surface area contributed by atoms with Gasteiger partial charge in [0.1, 0.15) is 0 Å². The minimum absolute atomic E-state index is 0.183. The van der Waals surface area contributed by atoms with Gasteiger partial charge in [-0.1, -0.05) is 17.7 Å². The van der Waals surface area contributed by atoms with Crippen molar-refractivity contribution in [1.82, 2.24) is 4.98 Å². The molecule has 0 aliphatic heterocycles. The zero-order chi connectivity index (χ0) is 12.4. The average molecular weight is 312 g/mol. The Morgan fingerprint density at radius 2 is 2.12 bits per heavy atom. The van der Waals surface area contributed by atoms with Crippen molar-refractivity contribution < 1.29 is 0 Å². The Morgan fingerprint density at radius 3 is 2.76 bits per heavy atom. The second-order valence-electron chi connectivity index (χ2n) is 3.88. The summed E-state index contributed by atoms with van der Waals surface area (Å²) in [5.74, 6) is 0. The summed E-state index contributed by atoms with van der Waals surface area (Å²) in [5, 5.41) is 0.684. The molecule has 2 aromatic rings. The number of aromatic nitrogens is 1. The molecule has 4 heteroatoms. The third-order valence-electron chi connectivity index (χ3n) is 2.72. The van der Waals surface area contributed by atoms with Gasteiger partial charge in [0, 0.05) is 16.9 Å². The predicted molar refractivity (Wildman–Crippen MR) is 74.2 cm³/mol. The number of aryl methyl sites for hydroxylation is 1. The van der Waals surface area contributed by atoms with Crippen LogP contribution in [0, 0.1) is 6.92 Å². The number of benzene rings is 1. The minimum Gasteiger partial charge on any atom is -0.320 e. The smallest absolute Gasteiger partial charge is 0.0569 e. The SMILES string of the molecule is Cc1ccncc1C(N)c1ccc(Cl)c(Br)c1. The summed E-state index contributed by atoms with van der Waals surface area (Å²) in [5.41, 5.74) is 9.41. The van der Waals surface area contributed by atoms with Gasteiger partial charge in [-0.15, -0.1) is 0 Å². The van der Waals surface area contributed by atoms with Crippen molar-refractivity contribution in [2.75, 3.05) is 0 Å². The van der Waals surface area contributed by atoms with Crippen molar-refractivity contribution in [1.29, 1.82) is 0 Å². The Balaban J connectivity index is 2.40. The summed E-state index contributed by atoms with van der Waals surface area (Å²) < 4.78 is 0.855. The Morgan fingerprint density at radius 1 is 1.35 bits per heavy atom. The van der Waals surface area contributed by atoms with Crippen LogP contribution in [0.1, 0.15) is 22.7 Å². The molecule has 88 valence electrons. The second-order valence-corrected chi connectivity index (χ2v) is 5.15. The molecule has 1 heterocycles. The van der Waals surface area contributed by atoms with Gasteiger partial charge in [-0.3, -0.25) is 4.98 Å². The first-order valence-corrected chi connectivity index (χ1v) is 6.37. The highest BCUT2D eigenvalue weighted by atomic mass is 79.9. The van der Waals surface area contributed by atoms with Gasteiger partial charge in [-0.05, 0) is 57.7 Å². The van der Waals surface area contributed by atoms with Crippen molar-refractivity contribution in [2.45, 2.75) is 13.0 Å². The predicted octanol–water partition coefficient (Wildman–Crippen LogP) is 3.85. The van der Waals surface area contributed by atoms with Crippen LogP contribution in [0.2, 0.25) is 5.02 Å². The maximum absolute atomic E-state index is 6.23. The molecule has 0 spiro atoms. The number of nitrogens with zero attached hydrogens (tertiary/aromatic N) is 1. The van der Waals surface area contributed by atoms with Crippen LogP contribution in [0.25, 0.3) is 0 Å². The highest BCUT2D eigenvalue weighted by molar-refractivity contribution is 9.10. The average Bonchev–Trinajstić information content (AvgIpc) is 2.32. The molecule has 0 aliphatic rings. The van der Waals surface area contributed by atoms with Crippen LogP contribution in [0.15, 0.2) is 41.1 Å². The lowest BCUT2D eigenvalue weighted by atomic mass is 9.98. The Hall–Kier alpha value is -0.900. The van der Waals surface area contributed by atoms with E-state index in [4.69, 9.17) is 17.3 Å². The number of pyridine rings is 1. The van der Waals surface area contributed by atoms with Gasteiger partial charge in [0.2, 0.25) is 0 Å². The lowest BCUT2D eigenvalue weighted by molar-refractivity contribution is 0.852. The van der Waals surface area contributed by atoms with Crippen LogP contribution in [-0.2, 0) is 0 Å². The number of hydrogen-bond acceptors (Lipinski definition) is 2. The standard InChI is InChI=1S/C13H12BrClN2/c1-8-4-5-17-7-10(8)13(16)9-2-3-12(15)11(14)6-9/h2-7,13H,16H2,1H3. The molecule has 2 nitrogen and oxygen atoms in total. The van der Waals surface area contributed by atoms with Crippen molar-refractivity contribution in [3.8, 4) is 0 Å². The summed E-state index contributed by atoms with van der Waals surface area (Å²) in [7, 11) is 0. The lowest BCUT2D eigenvalue weighted by Crippen LogP contribution is -2.13. The van der Waals surface area contributed by atoms with E-state index in [9.17, 15) is 0 Å². The van der Waals surface area contributed by atoms with E-state index < -0.39 is 0 Å². The van der Waals surface area contributed by atoms with Crippen LogP contribution in [0.4, 0.5) is 0 Å². The number of hydrogen-bond donors (Lipinski definition) is 1. The first-order chi connectivity index (χ1) is 8.09. The fraction of sp³-hybridized carbons (Fsp3) is 0.154. The van der Waals surface area contributed by atoms with Crippen molar-refractivity contribution >= 4 is 27.5 Å². The first kappa shape index (κ1) is 12.6. The van der Waals surface area contributed by atoms with E-state index in [0.29, 0.717) is 5.02 Å². The van der Waals surface area contributed by atoms with E-state index >= 15 is 0 Å². The third kappa shape index (κ3) is 2.68. The highest BCUT2D eigenvalue weighted by Crippen LogP contribution is 2.28. The van der Waals surface area contributed by atoms with Gasteiger partial charge >= 0.3 is 0 Å². The maximum Gasteiger partial charge on any atom is 0.0569 e. The molecule has 0 saturated carbocycles. The van der Waals surface area contributed by atoms with Gasteiger partial charge < -0.3 is 5.73 Å². The minimum atomic E-state index is -0.183. The van der Waals surface area contributed by atoms with Crippen molar-refractivity contribution in [3.05, 3.63) is 62.8 Å². The largest absolute Gasteiger partial charge is 0.320 e. The molecule has 0 fully saturated rings. The quantitative estimate of drug-likeness (QED) is 0.915. The zero-order valence-electron chi connectivity index (χ0n) is 9.32. The van der Waals surface area contributed by atoms with E-state index in [-0.39, 0.29) is 6.04 Å². The molecule has 2 N–H and O–H groups in total. The van der Waals surface area contributed by atoms with Gasteiger partial charge in [0.25, 0.3) is 0 Å². The number of halogens is 2. The van der Waals surface area contributed by atoms with Crippen LogP contribution in [-0.4, -0.2) is 4.98 Å². The molecular weight excluding hydrogens is 300 g/mol. The topological polar surface area (TPSA) is 38.9 Å². The summed E-state index contributed by atoms with van der Waals surface area (Å²) in [6.07, 6.45) is 3.58. The van der Waals surface area contributed by atoms with Gasteiger partial charge in [-0.2, -0.15) is 0 Å². The monoisotopic (exact) mass is 310 g/mol. The fourth-order valence-electron chi connectivity index (χ4n) is 1.69. The maximum atomic E-state index is 6.23. The lowest BCUT2D eigenvalue weighted by Gasteiger charge is -2.15. The summed E-state index contributed by atoms with van der Waals surface area (Å²) in [6, 6.07) is 7.49. The molecule has 0 amide bonds. The van der Waals surface area contributed by atoms with E-state index in [2.05, 4.69) is 20.9 Å². The first-order valence-electron chi connectivity index (χ1n) is 5.20. The molecule has 1 aromatic carbocycles. The number of nitrogens with two attached hydrogens (primary N) is 1. The molecule has 1 atom stereocenters. The van der Waals surface area contributed by atoms with Crippen molar-refractivity contribution in [2.24, 2.45) is 5.73 Å². The molecule has 0 aliphatic carbocycles. The second kappa shape index (κ2) is 5.17. The van der Waals surface area contributed by atoms with E-state index in [0.717, 1.165) is 21.2 Å². The Bertz CT molecular complexity index is 543. The normalized spacial score (nSPS) is 12.5. The van der Waals surface area contributed by atoms with E-state index in [1.807, 2.05) is 37.4 Å². The molecule has 1 aromatic heterocycles. The number of rotatable bonds is 2. The molecule has 17 heavy (non-hydrogen) atoms. The molecule has 2 rings (SSSR count). The van der Waals surface area contributed by atoms with Crippen LogP contribution in [0.3, 0.4) is 0 Å². The van der Waals surface area contributed by atoms with Crippen LogP contribution >= 0.6 is 27.5 Å². The van der Waals surface area contributed by atoms with E-state index in [1.54, 1.807) is 6.20 Å². The third-order valence-corrected chi connectivity index (χ3v) is 3.93. The highest BCUT2D eigenvalue weighted by Gasteiger charge is 2.12. The molecule has 1 unspecified atom stereocenters. The summed E-state index contributed by atoms with van der Waals surface area (Å²) in [4.78, 5) is 4.11. The molecule has 0 saturated heterocycles. The fourth-order valence-corrected chi connectivity index (χ4v) is 2.20.